The molecule has 0 aliphatic carbocycles. The van der Waals surface area contributed by atoms with Crippen molar-refractivity contribution in [3.63, 3.8) is 0 Å². The zero-order chi connectivity index (χ0) is 17.9. The molecule has 0 fully saturated rings. The Morgan fingerprint density at radius 3 is 2.28 bits per heavy atom. The number of nitrogens with zero attached hydrogens (tertiary/aromatic N) is 1. The molecule has 0 radical (unpaired) electrons. The highest BCUT2D eigenvalue weighted by atomic mass is 35.5. The number of amides is 1. The zero-order valence-corrected chi connectivity index (χ0v) is 16.0. The second kappa shape index (κ2) is 8.37. The molecule has 2 aromatic rings. The molecule has 1 amide bonds. The van der Waals surface area contributed by atoms with Crippen molar-refractivity contribution in [2.75, 3.05) is 6.26 Å². The van der Waals surface area contributed by atoms with Gasteiger partial charge in [0, 0.05) is 21.6 Å². The minimum Gasteiger partial charge on any atom is -0.370 e. The molecule has 0 unspecified atom stereocenters. The largest absolute Gasteiger partial charge is 0.370 e. The third-order valence-corrected chi connectivity index (χ3v) is 5.65. The van der Waals surface area contributed by atoms with Crippen molar-refractivity contribution in [3.05, 3.63) is 53.6 Å². The highest BCUT2D eigenvalue weighted by molar-refractivity contribution is 8.00. The van der Waals surface area contributed by atoms with Crippen LogP contribution in [0.2, 0.25) is 0 Å². The first-order valence-electron chi connectivity index (χ1n) is 6.90. The Hall–Kier alpha value is -2.03. The Kier molecular flexibility index (Phi) is 7.04. The summed E-state index contributed by atoms with van der Waals surface area (Å²) in [5, 5.41) is 0. The number of sulfone groups is 1. The number of aliphatic imine (C=N–C) groups is 1. The molecule has 2 rings (SSSR count). The van der Waals surface area contributed by atoms with Gasteiger partial charge in [0.05, 0.1) is 4.90 Å². The van der Waals surface area contributed by atoms with E-state index in [9.17, 15) is 13.2 Å². The summed E-state index contributed by atoms with van der Waals surface area (Å²) in [4.78, 5) is 16.9. The molecule has 6 nitrogen and oxygen atoms in total. The number of guanidine groups is 1. The number of aryl methyl sites for hydroxylation is 1. The van der Waals surface area contributed by atoms with E-state index in [1.54, 1.807) is 6.07 Å². The third kappa shape index (κ3) is 5.48. The number of hydrogen-bond acceptors (Lipinski definition) is 4. The van der Waals surface area contributed by atoms with Crippen LogP contribution >= 0.6 is 24.2 Å². The van der Waals surface area contributed by atoms with Crippen LogP contribution in [-0.4, -0.2) is 26.5 Å². The first-order chi connectivity index (χ1) is 11.2. The molecule has 0 saturated carbocycles. The van der Waals surface area contributed by atoms with Gasteiger partial charge < -0.3 is 11.5 Å². The van der Waals surface area contributed by atoms with Crippen LogP contribution in [0.3, 0.4) is 0 Å². The van der Waals surface area contributed by atoms with E-state index in [2.05, 4.69) is 4.99 Å². The van der Waals surface area contributed by atoms with Gasteiger partial charge in [-0.05, 0) is 36.8 Å². The lowest BCUT2D eigenvalue weighted by atomic mass is 10.2. The first-order valence-corrected chi connectivity index (χ1v) is 9.61. The number of halogens is 1. The molecule has 2 aromatic carbocycles. The Labute approximate surface area is 157 Å². The van der Waals surface area contributed by atoms with E-state index in [1.807, 2.05) is 31.2 Å². The van der Waals surface area contributed by atoms with Gasteiger partial charge in [-0.3, -0.25) is 4.79 Å². The summed E-state index contributed by atoms with van der Waals surface area (Å²) in [5.74, 6) is -1.06. The number of carbonyl (C=O) groups excluding carboxylic acids is 1. The van der Waals surface area contributed by atoms with Crippen LogP contribution in [0.5, 0.6) is 0 Å². The molecule has 0 saturated heterocycles. The van der Waals surface area contributed by atoms with E-state index in [1.165, 1.54) is 23.9 Å². The summed E-state index contributed by atoms with van der Waals surface area (Å²) in [5.41, 5.74) is 11.5. The predicted molar refractivity (Wildman–Crippen MR) is 102 cm³/mol. The third-order valence-electron chi connectivity index (χ3n) is 3.13. The van der Waals surface area contributed by atoms with Crippen molar-refractivity contribution in [3.8, 4) is 0 Å². The normalized spacial score (nSPS) is 10.6. The number of nitrogens with two attached hydrogens (primary N) is 2. The Morgan fingerprint density at radius 2 is 1.72 bits per heavy atom. The van der Waals surface area contributed by atoms with Crippen molar-refractivity contribution < 1.29 is 13.2 Å². The molecule has 0 bridgehead atoms. The van der Waals surface area contributed by atoms with Crippen LogP contribution < -0.4 is 11.5 Å². The number of rotatable bonds is 4. The van der Waals surface area contributed by atoms with E-state index in [0.29, 0.717) is 4.90 Å². The standard InChI is InChI=1S/C16H17N3O3S2.ClH/c1-10-5-3-4-6-12(10)23-13-8-7-11(15(20)19-16(17)18)9-14(13)24(2,21)22;/h3-9H,1-2H3,(H4,17,18,19,20);1H. The summed E-state index contributed by atoms with van der Waals surface area (Å²) in [7, 11) is -3.53. The van der Waals surface area contributed by atoms with Gasteiger partial charge in [0.2, 0.25) is 0 Å². The molecule has 0 aromatic heterocycles. The summed E-state index contributed by atoms with van der Waals surface area (Å²) in [6, 6.07) is 12.0. The van der Waals surface area contributed by atoms with Gasteiger partial charge in [-0.2, -0.15) is 4.99 Å². The quantitative estimate of drug-likeness (QED) is 0.602. The smallest absolute Gasteiger partial charge is 0.280 e. The van der Waals surface area contributed by atoms with Crippen LogP contribution in [0.25, 0.3) is 0 Å². The van der Waals surface area contributed by atoms with Crippen molar-refractivity contribution in [2.24, 2.45) is 16.5 Å². The first kappa shape index (κ1) is 21.0. The average Bonchev–Trinajstić information content (AvgIpc) is 2.48. The van der Waals surface area contributed by atoms with Gasteiger partial charge in [-0.15, -0.1) is 12.4 Å². The molecule has 0 aliphatic rings. The van der Waals surface area contributed by atoms with Crippen molar-refractivity contribution >= 4 is 45.9 Å². The molecule has 9 heteroatoms. The summed E-state index contributed by atoms with van der Waals surface area (Å²) in [6.07, 6.45) is 1.10. The van der Waals surface area contributed by atoms with Crippen molar-refractivity contribution in [1.29, 1.82) is 0 Å². The fourth-order valence-corrected chi connectivity index (χ4v) is 4.25. The molecule has 0 heterocycles. The van der Waals surface area contributed by atoms with Crippen LogP contribution in [-0.2, 0) is 9.84 Å². The monoisotopic (exact) mass is 399 g/mol. The summed E-state index contributed by atoms with van der Waals surface area (Å²) >= 11 is 1.33. The highest BCUT2D eigenvalue weighted by Crippen LogP contribution is 2.35. The van der Waals surface area contributed by atoms with Gasteiger partial charge in [0.25, 0.3) is 5.91 Å². The van der Waals surface area contributed by atoms with Gasteiger partial charge in [-0.25, -0.2) is 8.42 Å². The van der Waals surface area contributed by atoms with E-state index < -0.39 is 15.7 Å². The lowest BCUT2D eigenvalue weighted by Gasteiger charge is -2.10. The summed E-state index contributed by atoms with van der Waals surface area (Å²) < 4.78 is 24.2. The van der Waals surface area contributed by atoms with Gasteiger partial charge in [0.15, 0.2) is 15.8 Å². The van der Waals surface area contributed by atoms with E-state index in [0.717, 1.165) is 16.7 Å². The van der Waals surface area contributed by atoms with Crippen LogP contribution in [0.15, 0.2) is 62.1 Å². The van der Waals surface area contributed by atoms with E-state index in [4.69, 9.17) is 11.5 Å². The minimum atomic E-state index is -3.53. The minimum absolute atomic E-state index is 0. The van der Waals surface area contributed by atoms with Gasteiger partial charge in [-0.1, -0.05) is 30.0 Å². The fraction of sp³-hybridized carbons (Fsp3) is 0.125. The fourth-order valence-electron chi connectivity index (χ4n) is 1.99. The van der Waals surface area contributed by atoms with Crippen LogP contribution in [0.4, 0.5) is 0 Å². The average molecular weight is 400 g/mol. The molecular formula is C16H18ClN3O3S2. The number of carbonyl (C=O) groups is 1. The Balaban J connectivity index is 0.00000312. The topological polar surface area (TPSA) is 116 Å². The number of hydrogen-bond donors (Lipinski definition) is 2. The highest BCUT2D eigenvalue weighted by Gasteiger charge is 2.18. The molecule has 4 N–H and O–H groups in total. The molecule has 134 valence electrons. The van der Waals surface area contributed by atoms with Crippen LogP contribution in [0.1, 0.15) is 15.9 Å². The van der Waals surface area contributed by atoms with Crippen molar-refractivity contribution in [2.45, 2.75) is 21.6 Å². The maximum absolute atomic E-state index is 12.1. The maximum Gasteiger partial charge on any atom is 0.280 e. The lowest BCUT2D eigenvalue weighted by Crippen LogP contribution is -2.24. The van der Waals surface area contributed by atoms with Gasteiger partial charge >= 0.3 is 0 Å². The summed E-state index contributed by atoms with van der Waals surface area (Å²) in [6.45, 7) is 1.94. The molecule has 0 atom stereocenters. The van der Waals surface area contributed by atoms with Crippen LogP contribution in [0, 0.1) is 6.92 Å². The Bertz CT molecular complexity index is 924. The van der Waals surface area contributed by atoms with Gasteiger partial charge in [0.1, 0.15) is 0 Å². The van der Waals surface area contributed by atoms with E-state index in [-0.39, 0.29) is 28.8 Å². The maximum atomic E-state index is 12.1. The number of benzene rings is 2. The molecule has 0 spiro atoms. The molecule has 0 aliphatic heterocycles. The van der Waals surface area contributed by atoms with E-state index >= 15 is 0 Å². The Morgan fingerprint density at radius 1 is 1.08 bits per heavy atom. The second-order valence-corrected chi connectivity index (χ2v) is 8.21. The predicted octanol–water partition coefficient (Wildman–Crippen LogP) is 2.39. The molecular weight excluding hydrogens is 382 g/mol. The second-order valence-electron chi connectivity index (χ2n) is 5.14. The SMILES string of the molecule is Cc1ccccc1Sc1ccc(C(=O)N=C(N)N)cc1S(C)(=O)=O.Cl. The zero-order valence-electron chi connectivity index (χ0n) is 13.6. The van der Waals surface area contributed by atoms with Crippen molar-refractivity contribution in [1.82, 2.24) is 0 Å². The molecule has 25 heavy (non-hydrogen) atoms. The lowest BCUT2D eigenvalue weighted by molar-refractivity contribution is 0.100.